The van der Waals surface area contributed by atoms with E-state index in [4.69, 9.17) is 16.3 Å². The van der Waals surface area contributed by atoms with Crippen molar-refractivity contribution in [1.29, 1.82) is 0 Å². The van der Waals surface area contributed by atoms with Gasteiger partial charge in [0.1, 0.15) is 5.15 Å². The second-order valence-electron chi connectivity index (χ2n) is 5.46. The molecule has 1 aromatic heterocycles. The van der Waals surface area contributed by atoms with Gasteiger partial charge in [0.15, 0.2) is 0 Å². The molecule has 0 aliphatic carbocycles. The van der Waals surface area contributed by atoms with Crippen LogP contribution in [0.5, 0.6) is 0 Å². The molecule has 0 bridgehead atoms. The van der Waals surface area contributed by atoms with E-state index in [0.29, 0.717) is 11.8 Å². The highest BCUT2D eigenvalue weighted by molar-refractivity contribution is 6.30. The summed E-state index contributed by atoms with van der Waals surface area (Å²) >= 11 is 6.34. The third-order valence-electron chi connectivity index (χ3n) is 3.90. The van der Waals surface area contributed by atoms with Gasteiger partial charge in [-0.2, -0.15) is 5.10 Å². The highest BCUT2D eigenvalue weighted by atomic mass is 35.5. The summed E-state index contributed by atoms with van der Waals surface area (Å²) in [6.45, 7) is 5.07. The molecule has 1 amide bonds. The molecule has 0 N–H and O–H groups in total. The van der Waals surface area contributed by atoms with Crippen LogP contribution in [-0.2, 0) is 16.6 Å². The molecule has 1 saturated heterocycles. The zero-order chi connectivity index (χ0) is 14.9. The lowest BCUT2D eigenvalue weighted by molar-refractivity contribution is -0.137. The monoisotopic (exact) mass is 299 g/mol. The highest BCUT2D eigenvalue weighted by Gasteiger charge is 2.35. The first-order chi connectivity index (χ1) is 9.47. The van der Waals surface area contributed by atoms with Crippen LogP contribution < -0.4 is 0 Å². The van der Waals surface area contributed by atoms with Gasteiger partial charge in [0, 0.05) is 26.3 Å². The number of rotatable bonds is 4. The Labute approximate surface area is 124 Å². The molecule has 2 atom stereocenters. The number of halogens is 1. The molecule has 0 spiro atoms. The second kappa shape index (κ2) is 6.14. The predicted octanol–water partition coefficient (Wildman–Crippen LogP) is 2.33. The minimum atomic E-state index is -0.128. The standard InChI is InChI=1S/C14H22ClN3O2/c1-9(8-20-4)14(19)18-7-5-6-11(18)12-10(2)16-17(3)13(12)15/h9,11H,5-8H2,1-4H3/t9-,11-/m1/s1. The Morgan fingerprint density at radius 3 is 2.85 bits per heavy atom. The van der Waals surface area contributed by atoms with Crippen molar-refractivity contribution in [2.75, 3.05) is 20.3 Å². The molecule has 0 aromatic carbocycles. The van der Waals surface area contributed by atoms with Crippen LogP contribution >= 0.6 is 11.6 Å². The number of carbonyl (C=O) groups is 1. The average molecular weight is 300 g/mol. The first-order valence-electron chi connectivity index (χ1n) is 6.95. The first-order valence-corrected chi connectivity index (χ1v) is 7.33. The Kier molecular flexibility index (Phi) is 4.70. The van der Waals surface area contributed by atoms with Crippen molar-refractivity contribution in [3.63, 3.8) is 0 Å². The SMILES string of the molecule is COC[C@@H](C)C(=O)N1CCC[C@@H]1c1c(C)nn(C)c1Cl. The number of hydrogen-bond donors (Lipinski definition) is 0. The zero-order valence-corrected chi connectivity index (χ0v) is 13.3. The Morgan fingerprint density at radius 2 is 2.30 bits per heavy atom. The molecule has 0 saturated carbocycles. The van der Waals surface area contributed by atoms with Crippen LogP contribution in [0.2, 0.25) is 5.15 Å². The van der Waals surface area contributed by atoms with Gasteiger partial charge in [0.2, 0.25) is 5.91 Å². The van der Waals surface area contributed by atoms with Crippen LogP contribution in [0.4, 0.5) is 0 Å². The van der Waals surface area contributed by atoms with Crippen molar-refractivity contribution in [3.05, 3.63) is 16.4 Å². The number of amides is 1. The molecule has 2 rings (SSSR count). The summed E-state index contributed by atoms with van der Waals surface area (Å²) in [7, 11) is 3.45. The van der Waals surface area contributed by atoms with Crippen LogP contribution in [0.25, 0.3) is 0 Å². The highest BCUT2D eigenvalue weighted by Crippen LogP contribution is 2.38. The summed E-state index contributed by atoms with van der Waals surface area (Å²) in [6, 6.07) is 0.0445. The van der Waals surface area contributed by atoms with Crippen LogP contribution in [-0.4, -0.2) is 40.8 Å². The maximum Gasteiger partial charge on any atom is 0.228 e. The number of likely N-dealkylation sites (tertiary alicyclic amines) is 1. The summed E-state index contributed by atoms with van der Waals surface area (Å²) in [4.78, 5) is 14.5. The van der Waals surface area contributed by atoms with E-state index in [0.717, 1.165) is 30.6 Å². The van der Waals surface area contributed by atoms with E-state index >= 15 is 0 Å². The number of carbonyl (C=O) groups excluding carboxylic acids is 1. The summed E-state index contributed by atoms with van der Waals surface area (Å²) in [5, 5.41) is 4.98. The Morgan fingerprint density at radius 1 is 1.60 bits per heavy atom. The molecule has 112 valence electrons. The lowest BCUT2D eigenvalue weighted by Crippen LogP contribution is -2.36. The van der Waals surface area contributed by atoms with Crippen molar-refractivity contribution in [2.24, 2.45) is 13.0 Å². The van der Waals surface area contributed by atoms with E-state index in [1.807, 2.05) is 25.8 Å². The van der Waals surface area contributed by atoms with E-state index in [1.54, 1.807) is 11.8 Å². The van der Waals surface area contributed by atoms with E-state index in [2.05, 4.69) is 5.10 Å². The van der Waals surface area contributed by atoms with Gasteiger partial charge < -0.3 is 9.64 Å². The number of methoxy groups -OCH3 is 1. The van der Waals surface area contributed by atoms with Gasteiger partial charge in [0.25, 0.3) is 0 Å². The van der Waals surface area contributed by atoms with Crippen LogP contribution in [0.1, 0.15) is 37.1 Å². The summed E-state index contributed by atoms with van der Waals surface area (Å²) in [5.74, 6) is 0.00465. The van der Waals surface area contributed by atoms with Crippen LogP contribution in [0, 0.1) is 12.8 Å². The molecule has 1 aromatic rings. The lowest BCUT2D eigenvalue weighted by atomic mass is 10.0. The van der Waals surface area contributed by atoms with Crippen molar-refractivity contribution in [2.45, 2.75) is 32.7 Å². The average Bonchev–Trinajstić information content (AvgIpc) is 2.95. The third kappa shape index (κ3) is 2.69. The Bertz CT molecular complexity index is 501. The van der Waals surface area contributed by atoms with E-state index in [9.17, 15) is 4.79 Å². The van der Waals surface area contributed by atoms with Crippen molar-refractivity contribution < 1.29 is 9.53 Å². The van der Waals surface area contributed by atoms with E-state index in [1.165, 1.54) is 0 Å². The molecule has 1 aliphatic rings. The molecule has 1 aliphatic heterocycles. The second-order valence-corrected chi connectivity index (χ2v) is 5.82. The van der Waals surface area contributed by atoms with Gasteiger partial charge in [-0.1, -0.05) is 18.5 Å². The van der Waals surface area contributed by atoms with Gasteiger partial charge >= 0.3 is 0 Å². The smallest absolute Gasteiger partial charge is 0.228 e. The fraction of sp³-hybridized carbons (Fsp3) is 0.714. The largest absolute Gasteiger partial charge is 0.384 e. The number of nitrogens with zero attached hydrogens (tertiary/aromatic N) is 3. The number of ether oxygens (including phenoxy) is 1. The van der Waals surface area contributed by atoms with Crippen molar-refractivity contribution >= 4 is 17.5 Å². The molecule has 0 radical (unpaired) electrons. The fourth-order valence-electron chi connectivity index (χ4n) is 2.96. The number of hydrogen-bond acceptors (Lipinski definition) is 3. The molecule has 0 unspecified atom stereocenters. The molecular formula is C14H22ClN3O2. The van der Waals surface area contributed by atoms with Gasteiger partial charge in [-0.15, -0.1) is 0 Å². The number of aryl methyl sites for hydroxylation is 2. The third-order valence-corrected chi connectivity index (χ3v) is 4.35. The molecule has 5 nitrogen and oxygen atoms in total. The van der Waals surface area contributed by atoms with Crippen LogP contribution in [0.3, 0.4) is 0 Å². The zero-order valence-electron chi connectivity index (χ0n) is 12.5. The van der Waals surface area contributed by atoms with Crippen molar-refractivity contribution in [3.8, 4) is 0 Å². The maximum atomic E-state index is 12.5. The molecule has 2 heterocycles. The maximum absolute atomic E-state index is 12.5. The van der Waals surface area contributed by atoms with Gasteiger partial charge in [-0.05, 0) is 19.8 Å². The quantitative estimate of drug-likeness (QED) is 0.857. The molecule has 1 fully saturated rings. The lowest BCUT2D eigenvalue weighted by Gasteiger charge is -2.27. The topological polar surface area (TPSA) is 47.4 Å². The Balaban J connectivity index is 2.25. The summed E-state index contributed by atoms with van der Waals surface area (Å²) in [5.41, 5.74) is 1.89. The van der Waals surface area contributed by atoms with Gasteiger partial charge in [-0.3, -0.25) is 9.48 Å². The van der Waals surface area contributed by atoms with Crippen LogP contribution in [0.15, 0.2) is 0 Å². The minimum absolute atomic E-state index is 0.0445. The van der Waals surface area contributed by atoms with Gasteiger partial charge in [-0.25, -0.2) is 0 Å². The summed E-state index contributed by atoms with van der Waals surface area (Å²) in [6.07, 6.45) is 1.94. The molecular weight excluding hydrogens is 278 g/mol. The summed E-state index contributed by atoms with van der Waals surface area (Å²) < 4.78 is 6.76. The fourth-order valence-corrected chi connectivity index (χ4v) is 3.26. The van der Waals surface area contributed by atoms with Crippen molar-refractivity contribution in [1.82, 2.24) is 14.7 Å². The predicted molar refractivity (Wildman–Crippen MR) is 77.7 cm³/mol. The number of aromatic nitrogens is 2. The van der Waals surface area contributed by atoms with E-state index < -0.39 is 0 Å². The van der Waals surface area contributed by atoms with Gasteiger partial charge in [0.05, 0.1) is 24.3 Å². The van der Waals surface area contributed by atoms with E-state index in [-0.39, 0.29) is 17.9 Å². The molecule has 20 heavy (non-hydrogen) atoms. The first kappa shape index (κ1) is 15.3. The Hall–Kier alpha value is -1.07. The normalized spacial score (nSPS) is 20.4. The minimum Gasteiger partial charge on any atom is -0.384 e. The molecule has 6 heteroatoms.